The van der Waals surface area contributed by atoms with Gasteiger partial charge in [0.1, 0.15) is 11.6 Å². The summed E-state index contributed by atoms with van der Waals surface area (Å²) >= 11 is 0. The minimum absolute atomic E-state index is 0.278. The molecule has 26 heavy (non-hydrogen) atoms. The van der Waals surface area contributed by atoms with Gasteiger partial charge in [0, 0.05) is 34.5 Å². The highest BCUT2D eigenvalue weighted by molar-refractivity contribution is 6.17. The van der Waals surface area contributed by atoms with Crippen molar-refractivity contribution in [2.45, 2.75) is 13.5 Å². The van der Waals surface area contributed by atoms with Crippen LogP contribution in [0.25, 0.3) is 21.8 Å². The number of aryl methyl sites for hydroxylation is 1. The van der Waals surface area contributed by atoms with Gasteiger partial charge in [0.05, 0.1) is 5.52 Å². The Morgan fingerprint density at radius 1 is 1.00 bits per heavy atom. The van der Waals surface area contributed by atoms with Crippen LogP contribution < -0.4 is 5.73 Å². The van der Waals surface area contributed by atoms with E-state index in [1.807, 2.05) is 35.8 Å². The summed E-state index contributed by atoms with van der Waals surface area (Å²) in [5, 5.41) is 1.64. The maximum Gasteiger partial charge on any atom is 0.249 e. The van der Waals surface area contributed by atoms with Gasteiger partial charge in [0.25, 0.3) is 0 Å². The van der Waals surface area contributed by atoms with E-state index in [0.717, 1.165) is 33.4 Å². The number of rotatable bonds is 3. The lowest BCUT2D eigenvalue weighted by molar-refractivity contribution is 0.100. The highest BCUT2D eigenvalue weighted by atomic mass is 19.1. The molecule has 1 aromatic heterocycles. The minimum Gasteiger partial charge on any atom is -0.366 e. The van der Waals surface area contributed by atoms with Gasteiger partial charge in [-0.25, -0.2) is 8.78 Å². The third kappa shape index (κ3) is 2.62. The molecule has 0 spiro atoms. The molecule has 3 aromatic carbocycles. The Labute approximate surface area is 148 Å². The number of hydrogen-bond donors (Lipinski definition) is 1. The Kier molecular flexibility index (Phi) is 3.72. The highest BCUT2D eigenvalue weighted by Crippen LogP contribution is 2.33. The largest absolute Gasteiger partial charge is 0.366 e. The summed E-state index contributed by atoms with van der Waals surface area (Å²) in [5.74, 6) is -1.74. The van der Waals surface area contributed by atoms with Crippen molar-refractivity contribution in [3.63, 3.8) is 0 Å². The van der Waals surface area contributed by atoms with E-state index in [-0.39, 0.29) is 6.54 Å². The van der Waals surface area contributed by atoms with Crippen molar-refractivity contribution < 1.29 is 13.6 Å². The number of carbonyl (C=O) groups is 1. The van der Waals surface area contributed by atoms with Gasteiger partial charge in [-0.1, -0.05) is 18.2 Å². The molecule has 0 aliphatic carbocycles. The molecule has 4 aromatic rings. The number of primary amides is 1. The van der Waals surface area contributed by atoms with E-state index in [0.29, 0.717) is 11.1 Å². The maximum absolute atomic E-state index is 13.6. The molecular formula is C21H16F2N2O. The van der Waals surface area contributed by atoms with E-state index in [2.05, 4.69) is 0 Å². The third-order valence-corrected chi connectivity index (χ3v) is 4.58. The summed E-state index contributed by atoms with van der Waals surface area (Å²) in [7, 11) is 0. The van der Waals surface area contributed by atoms with Gasteiger partial charge in [-0.15, -0.1) is 0 Å². The number of halogens is 2. The molecule has 0 saturated heterocycles. The summed E-state index contributed by atoms with van der Waals surface area (Å²) in [6.07, 6.45) is 0. The topological polar surface area (TPSA) is 48.0 Å². The molecule has 0 bridgehead atoms. The number of nitrogens with zero attached hydrogens (tertiary/aromatic N) is 1. The lowest BCUT2D eigenvalue weighted by Crippen LogP contribution is -2.11. The first-order valence-electron chi connectivity index (χ1n) is 8.20. The first-order valence-corrected chi connectivity index (χ1v) is 8.20. The van der Waals surface area contributed by atoms with Crippen molar-refractivity contribution in [3.05, 3.63) is 82.9 Å². The monoisotopic (exact) mass is 350 g/mol. The van der Waals surface area contributed by atoms with Crippen molar-refractivity contribution in [1.82, 2.24) is 4.57 Å². The molecule has 1 amide bonds. The van der Waals surface area contributed by atoms with E-state index in [1.165, 1.54) is 12.1 Å². The van der Waals surface area contributed by atoms with Crippen LogP contribution in [0.5, 0.6) is 0 Å². The van der Waals surface area contributed by atoms with Crippen LogP contribution in [-0.4, -0.2) is 10.5 Å². The lowest BCUT2D eigenvalue weighted by Gasteiger charge is -2.09. The smallest absolute Gasteiger partial charge is 0.249 e. The standard InChI is InChI=1S/C21H16F2N2O/c1-12-5-6-16-19(7-12)25(11-13-8-14(22)10-15(23)9-13)18-4-2-3-17(20(16)18)21(24)26/h2-10H,11H2,1H3,(H2,24,26). The van der Waals surface area contributed by atoms with Crippen molar-refractivity contribution in [2.24, 2.45) is 5.73 Å². The van der Waals surface area contributed by atoms with Crippen molar-refractivity contribution >= 4 is 27.7 Å². The normalized spacial score (nSPS) is 11.3. The number of aromatic nitrogens is 1. The summed E-state index contributed by atoms with van der Waals surface area (Å²) in [6, 6.07) is 14.7. The fourth-order valence-corrected chi connectivity index (χ4v) is 3.51. The Bertz CT molecular complexity index is 1160. The molecule has 0 saturated carbocycles. The molecule has 4 rings (SSSR count). The van der Waals surface area contributed by atoms with Crippen LogP contribution in [0.4, 0.5) is 8.78 Å². The molecule has 130 valence electrons. The Morgan fingerprint density at radius 3 is 2.42 bits per heavy atom. The molecule has 1 heterocycles. The van der Waals surface area contributed by atoms with Crippen LogP contribution >= 0.6 is 0 Å². The van der Waals surface area contributed by atoms with Crippen LogP contribution in [0.3, 0.4) is 0 Å². The van der Waals surface area contributed by atoms with Crippen molar-refractivity contribution in [1.29, 1.82) is 0 Å². The average Bonchev–Trinajstić information content (AvgIpc) is 2.87. The number of fused-ring (bicyclic) bond motifs is 3. The number of carbonyl (C=O) groups excluding carboxylic acids is 1. The van der Waals surface area contributed by atoms with E-state index in [9.17, 15) is 13.6 Å². The third-order valence-electron chi connectivity index (χ3n) is 4.58. The van der Waals surface area contributed by atoms with Gasteiger partial charge in [-0.3, -0.25) is 4.79 Å². The average molecular weight is 350 g/mol. The van der Waals surface area contributed by atoms with Crippen LogP contribution in [-0.2, 0) is 6.54 Å². The van der Waals surface area contributed by atoms with Gasteiger partial charge in [-0.2, -0.15) is 0 Å². The molecule has 2 N–H and O–H groups in total. The molecule has 3 nitrogen and oxygen atoms in total. The zero-order valence-corrected chi connectivity index (χ0v) is 14.1. The second-order valence-electron chi connectivity index (χ2n) is 6.45. The number of amides is 1. The molecular weight excluding hydrogens is 334 g/mol. The van der Waals surface area contributed by atoms with Crippen LogP contribution in [0, 0.1) is 18.6 Å². The zero-order chi connectivity index (χ0) is 18.4. The van der Waals surface area contributed by atoms with Crippen LogP contribution in [0.1, 0.15) is 21.5 Å². The predicted molar refractivity (Wildman–Crippen MR) is 98.2 cm³/mol. The van der Waals surface area contributed by atoms with Gasteiger partial charge < -0.3 is 10.3 Å². The molecule has 0 fully saturated rings. The Hall–Kier alpha value is -3.21. The van der Waals surface area contributed by atoms with Gasteiger partial charge >= 0.3 is 0 Å². The molecule has 0 aliphatic rings. The van der Waals surface area contributed by atoms with Crippen LogP contribution in [0.15, 0.2) is 54.6 Å². The summed E-state index contributed by atoms with van der Waals surface area (Å²) in [5.41, 5.74) is 9.23. The molecule has 0 radical (unpaired) electrons. The van der Waals surface area contributed by atoms with E-state index >= 15 is 0 Å². The van der Waals surface area contributed by atoms with Gasteiger partial charge in [0.15, 0.2) is 0 Å². The molecule has 0 unspecified atom stereocenters. The molecule has 5 heteroatoms. The summed E-state index contributed by atoms with van der Waals surface area (Å²) in [4.78, 5) is 11.9. The first kappa shape index (κ1) is 16.3. The predicted octanol–water partition coefficient (Wildman–Crippen LogP) is 4.53. The van der Waals surface area contributed by atoms with E-state index < -0.39 is 17.5 Å². The fourth-order valence-electron chi connectivity index (χ4n) is 3.51. The zero-order valence-electron chi connectivity index (χ0n) is 14.1. The first-order chi connectivity index (χ1) is 12.4. The fraction of sp³-hybridized carbons (Fsp3) is 0.0952. The minimum atomic E-state index is -0.616. The number of benzene rings is 3. The van der Waals surface area contributed by atoms with Gasteiger partial charge in [0.2, 0.25) is 5.91 Å². The van der Waals surface area contributed by atoms with E-state index in [1.54, 1.807) is 12.1 Å². The van der Waals surface area contributed by atoms with Crippen molar-refractivity contribution in [2.75, 3.05) is 0 Å². The highest BCUT2D eigenvalue weighted by Gasteiger charge is 2.17. The van der Waals surface area contributed by atoms with Crippen LogP contribution in [0.2, 0.25) is 0 Å². The van der Waals surface area contributed by atoms with E-state index in [4.69, 9.17) is 5.73 Å². The summed E-state index contributed by atoms with van der Waals surface area (Å²) in [6.45, 7) is 2.25. The maximum atomic E-state index is 13.6. The van der Waals surface area contributed by atoms with Gasteiger partial charge in [-0.05, 0) is 48.4 Å². The SMILES string of the molecule is Cc1ccc2c3c(C(N)=O)cccc3n(Cc3cc(F)cc(F)c3)c2c1. The Morgan fingerprint density at radius 2 is 1.73 bits per heavy atom. The number of hydrogen-bond acceptors (Lipinski definition) is 1. The second kappa shape index (κ2) is 5.95. The second-order valence-corrected chi connectivity index (χ2v) is 6.45. The number of nitrogens with two attached hydrogens (primary N) is 1. The quantitative estimate of drug-likeness (QED) is 0.580. The summed E-state index contributed by atoms with van der Waals surface area (Å²) < 4.78 is 29.2. The lowest BCUT2D eigenvalue weighted by atomic mass is 10.1. The molecule has 0 atom stereocenters. The Balaban J connectivity index is 2.04. The van der Waals surface area contributed by atoms with Crippen molar-refractivity contribution in [3.8, 4) is 0 Å². The molecule has 0 aliphatic heterocycles.